The second kappa shape index (κ2) is 8.54. The fourth-order valence-electron chi connectivity index (χ4n) is 3.05. The Morgan fingerprint density at radius 1 is 1.19 bits per heavy atom. The van der Waals surface area contributed by atoms with Gasteiger partial charge in [0.2, 0.25) is 0 Å². The molecule has 2 aromatic carbocycles. The van der Waals surface area contributed by atoms with Gasteiger partial charge in [-0.05, 0) is 47.8 Å². The molecule has 0 atom stereocenters. The molecule has 0 spiro atoms. The quantitative estimate of drug-likeness (QED) is 0.672. The number of thioether (sulfide) groups is 2. The summed E-state index contributed by atoms with van der Waals surface area (Å²) in [6.45, 7) is 0.347. The lowest BCUT2D eigenvalue weighted by Gasteiger charge is -2.21. The zero-order valence-corrected chi connectivity index (χ0v) is 16.2. The van der Waals surface area contributed by atoms with Crippen molar-refractivity contribution < 1.29 is 23.4 Å². The molecule has 0 unspecified atom stereocenters. The average Bonchev–Trinajstić information content (AvgIpc) is 2.72. The Balaban J connectivity index is 1.42. The molecule has 0 saturated carbocycles. The largest absolute Gasteiger partial charge is 0.467 e. The molecule has 2 aliphatic rings. The molecule has 4 rings (SSSR count). The third-order valence-corrected chi connectivity index (χ3v) is 7.37. The topological polar surface area (TPSA) is 44.8 Å². The molecule has 2 aliphatic heterocycles. The molecule has 4 nitrogen and oxygen atoms in total. The second-order valence-corrected chi connectivity index (χ2v) is 9.01. The van der Waals surface area contributed by atoms with Gasteiger partial charge in [-0.25, -0.2) is 9.18 Å². The van der Waals surface area contributed by atoms with E-state index in [9.17, 15) is 9.18 Å². The number of hydrogen-bond donors (Lipinski definition) is 0. The first-order valence-electron chi connectivity index (χ1n) is 8.73. The molecule has 0 radical (unpaired) electrons. The maximum Gasteiger partial charge on any atom is 0.338 e. The summed E-state index contributed by atoms with van der Waals surface area (Å²) in [6, 6.07) is 10.3. The smallest absolute Gasteiger partial charge is 0.338 e. The summed E-state index contributed by atoms with van der Waals surface area (Å²) < 4.78 is 30.2. The molecule has 1 saturated heterocycles. The lowest BCUT2D eigenvalue weighted by Crippen LogP contribution is -2.15. The number of carbonyl (C=O) groups is 1. The highest BCUT2D eigenvalue weighted by Gasteiger charge is 2.20. The van der Waals surface area contributed by atoms with Crippen LogP contribution in [0.2, 0.25) is 0 Å². The highest BCUT2D eigenvalue weighted by molar-refractivity contribution is 8.16. The van der Waals surface area contributed by atoms with Crippen molar-refractivity contribution in [2.45, 2.75) is 24.2 Å². The maximum atomic E-state index is 13.8. The Bertz CT molecular complexity index is 819. The second-order valence-electron chi connectivity index (χ2n) is 6.29. The van der Waals surface area contributed by atoms with Crippen LogP contribution >= 0.6 is 23.5 Å². The highest BCUT2D eigenvalue weighted by atomic mass is 32.2. The molecule has 2 heterocycles. The number of carbonyl (C=O) groups excluding carboxylic acids is 1. The van der Waals surface area contributed by atoms with E-state index in [0.717, 1.165) is 0 Å². The molecule has 1 fully saturated rings. The van der Waals surface area contributed by atoms with E-state index in [0.29, 0.717) is 27.0 Å². The van der Waals surface area contributed by atoms with E-state index < -0.39 is 11.8 Å². The minimum atomic E-state index is -0.435. The van der Waals surface area contributed by atoms with Crippen molar-refractivity contribution in [3.63, 3.8) is 0 Å². The number of fused-ring (bicyclic) bond motifs is 1. The minimum absolute atomic E-state index is 0.0466. The Morgan fingerprint density at radius 2 is 1.96 bits per heavy atom. The van der Waals surface area contributed by atoms with Crippen molar-refractivity contribution in [1.82, 2.24) is 0 Å². The van der Waals surface area contributed by atoms with Gasteiger partial charge in [0.1, 0.15) is 18.2 Å². The Morgan fingerprint density at radius 3 is 2.74 bits per heavy atom. The Hall–Kier alpha value is -1.70. The molecule has 2 aromatic rings. The number of benzene rings is 2. The van der Waals surface area contributed by atoms with Crippen molar-refractivity contribution in [2.75, 3.05) is 18.3 Å². The summed E-state index contributed by atoms with van der Waals surface area (Å²) in [5.74, 6) is 2.05. The van der Waals surface area contributed by atoms with Crippen molar-refractivity contribution in [3.05, 3.63) is 64.5 Å². The van der Waals surface area contributed by atoms with Gasteiger partial charge in [-0.3, -0.25) is 0 Å². The zero-order valence-electron chi connectivity index (χ0n) is 14.6. The van der Waals surface area contributed by atoms with Gasteiger partial charge in [0.05, 0.1) is 16.8 Å². The van der Waals surface area contributed by atoms with Gasteiger partial charge >= 0.3 is 5.97 Å². The number of ether oxygens (including phenoxy) is 3. The highest BCUT2D eigenvalue weighted by Crippen LogP contribution is 2.43. The minimum Gasteiger partial charge on any atom is -0.467 e. The molecule has 0 bridgehead atoms. The van der Waals surface area contributed by atoms with E-state index in [1.165, 1.54) is 35.6 Å². The van der Waals surface area contributed by atoms with Crippen molar-refractivity contribution >= 4 is 29.5 Å². The van der Waals surface area contributed by atoms with Crippen LogP contribution in [-0.4, -0.2) is 24.3 Å². The van der Waals surface area contributed by atoms with E-state index in [1.807, 2.05) is 35.7 Å². The van der Waals surface area contributed by atoms with Crippen LogP contribution in [0.3, 0.4) is 0 Å². The van der Waals surface area contributed by atoms with Crippen LogP contribution in [0.5, 0.6) is 5.75 Å². The first-order chi connectivity index (χ1) is 13.2. The van der Waals surface area contributed by atoms with Crippen molar-refractivity contribution in [3.8, 4) is 5.75 Å². The van der Waals surface area contributed by atoms with Crippen LogP contribution in [0.25, 0.3) is 0 Å². The molecular weight excluding hydrogens is 387 g/mol. The number of esters is 1. The van der Waals surface area contributed by atoms with E-state index in [-0.39, 0.29) is 20.0 Å². The monoisotopic (exact) mass is 406 g/mol. The van der Waals surface area contributed by atoms with Gasteiger partial charge < -0.3 is 14.2 Å². The van der Waals surface area contributed by atoms with Gasteiger partial charge in [-0.15, -0.1) is 23.5 Å². The summed E-state index contributed by atoms with van der Waals surface area (Å²) >= 11 is 3.88. The van der Waals surface area contributed by atoms with Gasteiger partial charge in [0.25, 0.3) is 0 Å². The first kappa shape index (κ1) is 18.7. The predicted octanol–water partition coefficient (Wildman–Crippen LogP) is 4.92. The summed E-state index contributed by atoms with van der Waals surface area (Å²) in [4.78, 5) is 12.4. The summed E-state index contributed by atoms with van der Waals surface area (Å²) in [6.07, 6.45) is 1.25. The zero-order chi connectivity index (χ0) is 18.6. The molecule has 0 N–H and O–H groups in total. The van der Waals surface area contributed by atoms with Crippen LogP contribution in [0.1, 0.15) is 38.1 Å². The fraction of sp³-hybridized carbons (Fsp3) is 0.350. The summed E-state index contributed by atoms with van der Waals surface area (Å²) in [5, 5.41) is 0. The first-order valence-corrected chi connectivity index (χ1v) is 10.8. The predicted molar refractivity (Wildman–Crippen MR) is 105 cm³/mol. The Labute approximate surface area is 165 Å². The molecule has 7 heteroatoms. The van der Waals surface area contributed by atoms with Crippen LogP contribution < -0.4 is 4.74 Å². The third-order valence-electron chi connectivity index (χ3n) is 4.36. The normalized spacial score (nSPS) is 17.1. The van der Waals surface area contributed by atoms with Crippen molar-refractivity contribution in [1.29, 1.82) is 0 Å². The molecule has 0 amide bonds. The molecule has 27 heavy (non-hydrogen) atoms. The van der Waals surface area contributed by atoms with Crippen LogP contribution in [0, 0.1) is 5.82 Å². The molecule has 142 valence electrons. The van der Waals surface area contributed by atoms with E-state index in [1.54, 1.807) is 12.1 Å². The van der Waals surface area contributed by atoms with E-state index in [4.69, 9.17) is 14.2 Å². The lowest BCUT2D eigenvalue weighted by molar-refractivity contribution is -0.0182. The number of rotatable bonds is 4. The molecule has 0 aromatic heterocycles. The van der Waals surface area contributed by atoms with E-state index in [2.05, 4.69) is 0 Å². The summed E-state index contributed by atoms with van der Waals surface area (Å²) in [5.41, 5.74) is 2.83. The van der Waals surface area contributed by atoms with E-state index >= 15 is 0 Å². The number of hydrogen-bond acceptors (Lipinski definition) is 6. The van der Waals surface area contributed by atoms with Gasteiger partial charge in [-0.1, -0.05) is 12.1 Å². The van der Waals surface area contributed by atoms with Crippen LogP contribution in [0.15, 0.2) is 36.4 Å². The molecule has 0 aliphatic carbocycles. The number of halogens is 1. The van der Waals surface area contributed by atoms with Crippen LogP contribution in [-0.2, 0) is 22.7 Å². The average molecular weight is 407 g/mol. The van der Waals surface area contributed by atoms with Crippen molar-refractivity contribution in [2.24, 2.45) is 0 Å². The fourth-order valence-corrected chi connectivity index (χ4v) is 5.94. The maximum absolute atomic E-state index is 13.8. The van der Waals surface area contributed by atoms with Gasteiger partial charge in [-0.2, -0.15) is 0 Å². The Kier molecular flexibility index (Phi) is 5.90. The lowest BCUT2D eigenvalue weighted by atomic mass is 10.1. The third kappa shape index (κ3) is 4.42. The molecular formula is C20H19FO4S2. The SMILES string of the molecule is O=C(OCc1cc(F)cc2c1OCOC2)c1ccc(C2SCCCS2)cc1. The van der Waals surface area contributed by atoms with Crippen LogP contribution in [0.4, 0.5) is 4.39 Å². The standard InChI is InChI=1S/C20H19FO4S2/c21-17-8-15-10-23-12-25-18(15)16(9-17)11-24-19(22)13-2-4-14(5-3-13)20-26-6-1-7-27-20/h2-5,8-9,20H,1,6-7,10-12H2. The van der Waals surface area contributed by atoms with Gasteiger partial charge in [0, 0.05) is 11.1 Å². The van der Waals surface area contributed by atoms with Gasteiger partial charge in [0.15, 0.2) is 6.79 Å². The summed E-state index contributed by atoms with van der Waals surface area (Å²) in [7, 11) is 0.